The third-order valence-corrected chi connectivity index (χ3v) is 3.02. The minimum atomic E-state index is -0.298. The summed E-state index contributed by atoms with van der Waals surface area (Å²) in [4.78, 5) is 0. The highest BCUT2D eigenvalue weighted by atomic mass is 16.5. The van der Waals surface area contributed by atoms with Gasteiger partial charge in [-0.2, -0.15) is 0 Å². The number of aliphatic hydroxyl groups excluding tert-OH is 1. The van der Waals surface area contributed by atoms with Crippen LogP contribution in [0.2, 0.25) is 0 Å². The predicted molar refractivity (Wildman–Crippen MR) is 74.7 cm³/mol. The van der Waals surface area contributed by atoms with E-state index >= 15 is 0 Å². The molecule has 0 saturated carbocycles. The molecule has 0 heterocycles. The Labute approximate surface area is 110 Å². The van der Waals surface area contributed by atoms with E-state index in [0.717, 1.165) is 24.3 Å². The Kier molecular flexibility index (Phi) is 7.46. The van der Waals surface area contributed by atoms with E-state index in [-0.39, 0.29) is 12.6 Å². The molecule has 1 aromatic rings. The van der Waals surface area contributed by atoms with Gasteiger partial charge in [-0.3, -0.25) is 0 Å². The molecule has 1 rings (SSSR count). The van der Waals surface area contributed by atoms with E-state index in [9.17, 15) is 0 Å². The molecular formula is C15H25NO2. The van der Waals surface area contributed by atoms with Crippen LogP contribution < -0.4 is 10.5 Å². The fourth-order valence-corrected chi connectivity index (χ4v) is 1.81. The maximum atomic E-state index is 8.95. The Hall–Kier alpha value is -1.06. The topological polar surface area (TPSA) is 55.5 Å². The lowest BCUT2D eigenvalue weighted by molar-refractivity contribution is 0.267. The van der Waals surface area contributed by atoms with E-state index in [0.29, 0.717) is 0 Å². The van der Waals surface area contributed by atoms with Crippen molar-refractivity contribution < 1.29 is 9.84 Å². The first-order chi connectivity index (χ1) is 8.77. The van der Waals surface area contributed by atoms with E-state index in [1.54, 1.807) is 0 Å². The summed E-state index contributed by atoms with van der Waals surface area (Å²) in [5, 5.41) is 8.95. The van der Waals surface area contributed by atoms with Crippen LogP contribution in [0.25, 0.3) is 0 Å². The van der Waals surface area contributed by atoms with Crippen molar-refractivity contribution in [3.63, 3.8) is 0 Å². The molecule has 0 amide bonds. The molecule has 1 aromatic carbocycles. The highest BCUT2D eigenvalue weighted by Crippen LogP contribution is 2.16. The molecule has 0 bridgehead atoms. The fraction of sp³-hybridized carbons (Fsp3) is 0.600. The van der Waals surface area contributed by atoms with Crippen molar-refractivity contribution in [2.75, 3.05) is 13.2 Å². The van der Waals surface area contributed by atoms with Gasteiger partial charge in [0.25, 0.3) is 0 Å². The average Bonchev–Trinajstić information content (AvgIpc) is 2.42. The normalized spacial score (nSPS) is 12.4. The van der Waals surface area contributed by atoms with Gasteiger partial charge in [-0.15, -0.1) is 0 Å². The summed E-state index contributed by atoms with van der Waals surface area (Å²) >= 11 is 0. The second-order valence-corrected chi connectivity index (χ2v) is 4.62. The Morgan fingerprint density at radius 3 is 2.39 bits per heavy atom. The molecular weight excluding hydrogens is 226 g/mol. The summed E-state index contributed by atoms with van der Waals surface area (Å²) in [5.74, 6) is 0.874. The third-order valence-electron chi connectivity index (χ3n) is 3.02. The standard InChI is InChI=1S/C15H25NO2/c1-2-3-4-5-6-11-18-14-9-7-13(8-10-14)15(16)12-17/h7-10,15,17H,2-6,11-12,16H2,1H3/t15-/m0/s1. The molecule has 3 N–H and O–H groups in total. The van der Waals surface area contributed by atoms with Crippen LogP contribution in [0.4, 0.5) is 0 Å². The highest BCUT2D eigenvalue weighted by Gasteiger charge is 2.03. The molecule has 18 heavy (non-hydrogen) atoms. The summed E-state index contributed by atoms with van der Waals surface area (Å²) < 4.78 is 5.65. The first-order valence-electron chi connectivity index (χ1n) is 6.87. The number of nitrogens with two attached hydrogens (primary N) is 1. The van der Waals surface area contributed by atoms with Crippen molar-refractivity contribution in [1.82, 2.24) is 0 Å². The monoisotopic (exact) mass is 251 g/mol. The second kappa shape index (κ2) is 8.95. The molecule has 0 aliphatic carbocycles. The summed E-state index contributed by atoms with van der Waals surface area (Å²) in [5.41, 5.74) is 6.66. The number of hydrogen-bond acceptors (Lipinski definition) is 3. The van der Waals surface area contributed by atoms with Gasteiger partial charge in [0.1, 0.15) is 5.75 Å². The molecule has 0 aliphatic heterocycles. The second-order valence-electron chi connectivity index (χ2n) is 4.62. The number of rotatable bonds is 9. The van der Waals surface area contributed by atoms with Crippen LogP contribution >= 0.6 is 0 Å². The lowest BCUT2D eigenvalue weighted by atomic mass is 10.1. The van der Waals surface area contributed by atoms with Gasteiger partial charge in [-0.05, 0) is 24.1 Å². The zero-order valence-electron chi connectivity index (χ0n) is 11.3. The van der Waals surface area contributed by atoms with Crippen LogP contribution in [0.15, 0.2) is 24.3 Å². The van der Waals surface area contributed by atoms with Crippen molar-refractivity contribution in [3.8, 4) is 5.75 Å². The van der Waals surface area contributed by atoms with Crippen LogP contribution in [-0.4, -0.2) is 18.3 Å². The van der Waals surface area contributed by atoms with Crippen molar-refractivity contribution in [1.29, 1.82) is 0 Å². The lowest BCUT2D eigenvalue weighted by Crippen LogP contribution is -2.14. The first kappa shape index (κ1) is 15.0. The van der Waals surface area contributed by atoms with E-state index in [1.165, 1.54) is 25.7 Å². The minimum absolute atomic E-state index is 0.0301. The Morgan fingerprint density at radius 1 is 1.11 bits per heavy atom. The van der Waals surface area contributed by atoms with Gasteiger partial charge in [-0.25, -0.2) is 0 Å². The van der Waals surface area contributed by atoms with Crippen molar-refractivity contribution >= 4 is 0 Å². The van der Waals surface area contributed by atoms with Crippen LogP contribution in [0.5, 0.6) is 5.75 Å². The maximum absolute atomic E-state index is 8.95. The molecule has 0 aliphatic rings. The van der Waals surface area contributed by atoms with Crippen molar-refractivity contribution in [2.24, 2.45) is 5.73 Å². The molecule has 0 spiro atoms. The van der Waals surface area contributed by atoms with Crippen LogP contribution in [0.3, 0.4) is 0 Å². The van der Waals surface area contributed by atoms with E-state index < -0.39 is 0 Å². The average molecular weight is 251 g/mol. The predicted octanol–water partition coefficient (Wildman–Crippen LogP) is 3.03. The van der Waals surface area contributed by atoms with Gasteiger partial charge in [0.15, 0.2) is 0 Å². The summed E-state index contributed by atoms with van der Waals surface area (Å²) in [7, 11) is 0. The number of hydrogen-bond donors (Lipinski definition) is 2. The van der Waals surface area contributed by atoms with Gasteiger partial charge in [0.2, 0.25) is 0 Å². The van der Waals surface area contributed by atoms with Crippen molar-refractivity contribution in [3.05, 3.63) is 29.8 Å². The van der Waals surface area contributed by atoms with Crippen LogP contribution in [0, 0.1) is 0 Å². The molecule has 0 fully saturated rings. The van der Waals surface area contributed by atoms with Gasteiger partial charge in [0, 0.05) is 0 Å². The number of aliphatic hydroxyl groups is 1. The summed E-state index contributed by atoms with van der Waals surface area (Å²) in [6.45, 7) is 2.96. The summed E-state index contributed by atoms with van der Waals surface area (Å²) in [6, 6.07) is 7.35. The number of unbranched alkanes of at least 4 members (excludes halogenated alkanes) is 4. The highest BCUT2D eigenvalue weighted by molar-refractivity contribution is 5.29. The molecule has 102 valence electrons. The number of ether oxygens (including phenoxy) is 1. The quantitative estimate of drug-likeness (QED) is 0.663. The molecule has 0 radical (unpaired) electrons. The smallest absolute Gasteiger partial charge is 0.119 e. The van der Waals surface area contributed by atoms with Gasteiger partial charge >= 0.3 is 0 Å². The Morgan fingerprint density at radius 2 is 1.78 bits per heavy atom. The molecule has 0 aromatic heterocycles. The Balaban J connectivity index is 2.22. The van der Waals surface area contributed by atoms with Crippen LogP contribution in [-0.2, 0) is 0 Å². The maximum Gasteiger partial charge on any atom is 0.119 e. The first-order valence-corrected chi connectivity index (χ1v) is 6.87. The van der Waals surface area contributed by atoms with E-state index in [2.05, 4.69) is 6.92 Å². The molecule has 0 unspecified atom stereocenters. The minimum Gasteiger partial charge on any atom is -0.494 e. The van der Waals surface area contributed by atoms with E-state index in [1.807, 2.05) is 24.3 Å². The largest absolute Gasteiger partial charge is 0.494 e. The zero-order valence-corrected chi connectivity index (χ0v) is 11.3. The van der Waals surface area contributed by atoms with Gasteiger partial charge in [-0.1, -0.05) is 44.7 Å². The van der Waals surface area contributed by atoms with E-state index in [4.69, 9.17) is 15.6 Å². The van der Waals surface area contributed by atoms with Crippen molar-refractivity contribution in [2.45, 2.75) is 45.1 Å². The van der Waals surface area contributed by atoms with Gasteiger partial charge in [0.05, 0.1) is 19.3 Å². The zero-order chi connectivity index (χ0) is 13.2. The SMILES string of the molecule is CCCCCCCOc1ccc([C@@H](N)CO)cc1. The summed E-state index contributed by atoms with van der Waals surface area (Å²) in [6.07, 6.45) is 6.23. The molecule has 3 nitrogen and oxygen atoms in total. The lowest BCUT2D eigenvalue weighted by Gasteiger charge is -2.10. The Bertz CT molecular complexity index is 311. The fourth-order valence-electron chi connectivity index (χ4n) is 1.81. The van der Waals surface area contributed by atoms with Gasteiger partial charge < -0.3 is 15.6 Å². The third kappa shape index (κ3) is 5.52. The molecule has 1 atom stereocenters. The number of benzene rings is 1. The van der Waals surface area contributed by atoms with Crippen LogP contribution in [0.1, 0.15) is 50.6 Å². The molecule has 3 heteroatoms. The molecule has 0 saturated heterocycles.